The summed E-state index contributed by atoms with van der Waals surface area (Å²) in [5, 5.41) is 13.4. The first kappa shape index (κ1) is 11.9. The molecular weight excluding hydrogens is 180 g/mol. The van der Waals surface area contributed by atoms with Crippen LogP contribution in [0.1, 0.15) is 26.7 Å². The van der Waals surface area contributed by atoms with E-state index in [0.29, 0.717) is 6.61 Å². The first-order valence-corrected chi connectivity index (χ1v) is 5.35. The molecule has 0 aliphatic carbocycles. The Balaban J connectivity index is 2.36. The lowest BCUT2D eigenvalue weighted by atomic mass is 9.86. The summed E-state index contributed by atoms with van der Waals surface area (Å²) in [6.07, 6.45) is 1.61. The van der Waals surface area contributed by atoms with Crippen LogP contribution in [-0.4, -0.2) is 42.5 Å². The molecule has 0 radical (unpaired) electrons. The summed E-state index contributed by atoms with van der Waals surface area (Å²) < 4.78 is 5.42. The summed E-state index contributed by atoms with van der Waals surface area (Å²) in [5.74, 6) is 0. The van der Waals surface area contributed by atoms with E-state index in [4.69, 9.17) is 10.5 Å². The third-order valence-electron chi connectivity index (χ3n) is 2.77. The van der Waals surface area contributed by atoms with E-state index in [0.717, 1.165) is 25.9 Å². The molecule has 4 nitrogen and oxygen atoms in total. The van der Waals surface area contributed by atoms with Crippen molar-refractivity contribution in [1.82, 2.24) is 5.32 Å². The molecule has 1 atom stereocenters. The minimum atomic E-state index is -0.736. The lowest BCUT2D eigenvalue weighted by molar-refractivity contribution is -0.0490. The Kier molecular flexibility index (Phi) is 4.31. The maximum atomic E-state index is 10.2. The monoisotopic (exact) mass is 202 g/mol. The van der Waals surface area contributed by atoms with Gasteiger partial charge < -0.3 is 20.9 Å². The molecule has 1 saturated heterocycles. The number of aliphatic hydroxyl groups is 1. The van der Waals surface area contributed by atoms with Crippen LogP contribution < -0.4 is 11.1 Å². The number of ether oxygens (including phenoxy) is 1. The topological polar surface area (TPSA) is 67.5 Å². The molecule has 0 aromatic carbocycles. The first-order valence-electron chi connectivity index (χ1n) is 5.35. The maximum absolute atomic E-state index is 10.2. The zero-order valence-corrected chi connectivity index (χ0v) is 9.12. The van der Waals surface area contributed by atoms with Gasteiger partial charge in [-0.25, -0.2) is 0 Å². The number of rotatable bonds is 4. The quantitative estimate of drug-likeness (QED) is 0.593. The van der Waals surface area contributed by atoms with Crippen LogP contribution in [-0.2, 0) is 4.74 Å². The van der Waals surface area contributed by atoms with Crippen molar-refractivity contribution in [3.05, 3.63) is 0 Å². The highest BCUT2D eigenvalue weighted by molar-refractivity contribution is 4.93. The Morgan fingerprint density at radius 3 is 2.50 bits per heavy atom. The van der Waals surface area contributed by atoms with Crippen molar-refractivity contribution in [3.8, 4) is 0 Å². The minimum Gasteiger partial charge on any atom is -0.388 e. The van der Waals surface area contributed by atoms with Gasteiger partial charge in [0.15, 0.2) is 0 Å². The van der Waals surface area contributed by atoms with Crippen LogP contribution in [0.15, 0.2) is 0 Å². The Labute approximate surface area is 85.8 Å². The largest absolute Gasteiger partial charge is 0.388 e. The van der Waals surface area contributed by atoms with E-state index in [1.54, 1.807) is 0 Å². The van der Waals surface area contributed by atoms with Crippen LogP contribution >= 0.6 is 0 Å². The normalized spacial score (nSPS) is 23.8. The summed E-state index contributed by atoms with van der Waals surface area (Å²) in [6, 6.07) is -0.271. The molecule has 1 unspecified atom stereocenters. The molecule has 1 fully saturated rings. The van der Waals surface area contributed by atoms with Crippen LogP contribution in [0.25, 0.3) is 0 Å². The Bertz CT molecular complexity index is 168. The second kappa shape index (κ2) is 5.07. The summed E-state index contributed by atoms with van der Waals surface area (Å²) in [4.78, 5) is 0. The Hall–Kier alpha value is -0.160. The van der Waals surface area contributed by atoms with Gasteiger partial charge in [-0.15, -0.1) is 0 Å². The summed E-state index contributed by atoms with van der Waals surface area (Å²) in [6.45, 7) is 6.06. The van der Waals surface area contributed by atoms with E-state index in [9.17, 15) is 5.11 Å². The van der Waals surface area contributed by atoms with Gasteiger partial charge in [0.25, 0.3) is 0 Å². The zero-order valence-electron chi connectivity index (χ0n) is 9.12. The van der Waals surface area contributed by atoms with Gasteiger partial charge in [0.05, 0.1) is 24.4 Å². The Morgan fingerprint density at radius 2 is 2.00 bits per heavy atom. The highest BCUT2D eigenvalue weighted by atomic mass is 16.5. The van der Waals surface area contributed by atoms with Crippen molar-refractivity contribution in [2.45, 2.75) is 44.4 Å². The number of hydrogen-bond acceptors (Lipinski definition) is 4. The van der Waals surface area contributed by atoms with E-state index in [-0.39, 0.29) is 12.1 Å². The number of nitrogens with two attached hydrogens (primary N) is 1. The second-order valence-corrected chi connectivity index (χ2v) is 4.34. The van der Waals surface area contributed by atoms with Crippen molar-refractivity contribution < 1.29 is 9.84 Å². The van der Waals surface area contributed by atoms with Gasteiger partial charge in [-0.3, -0.25) is 0 Å². The van der Waals surface area contributed by atoms with Gasteiger partial charge in [-0.05, 0) is 39.8 Å². The van der Waals surface area contributed by atoms with Gasteiger partial charge in [0.2, 0.25) is 0 Å². The number of hydrogen-bond donors (Lipinski definition) is 3. The molecule has 1 aliphatic heterocycles. The average molecular weight is 202 g/mol. The Morgan fingerprint density at radius 1 is 1.43 bits per heavy atom. The standard InChI is InChI=1S/C10H22N2O2/c1-8(2)14-7-9(11)10(13)3-5-12-6-4-10/h8-9,12-13H,3-7,11H2,1-2H3. The third kappa shape index (κ3) is 3.20. The van der Waals surface area contributed by atoms with Crippen LogP contribution in [0.3, 0.4) is 0 Å². The van der Waals surface area contributed by atoms with Gasteiger partial charge >= 0.3 is 0 Å². The number of nitrogens with one attached hydrogen (secondary N) is 1. The lowest BCUT2D eigenvalue weighted by Crippen LogP contribution is -2.56. The van der Waals surface area contributed by atoms with Gasteiger partial charge in [0.1, 0.15) is 0 Å². The van der Waals surface area contributed by atoms with Gasteiger partial charge in [0, 0.05) is 0 Å². The van der Waals surface area contributed by atoms with Crippen molar-refractivity contribution in [2.75, 3.05) is 19.7 Å². The smallest absolute Gasteiger partial charge is 0.0844 e. The first-order chi connectivity index (χ1) is 6.54. The van der Waals surface area contributed by atoms with Crippen molar-refractivity contribution in [2.24, 2.45) is 5.73 Å². The molecule has 0 amide bonds. The molecule has 0 bridgehead atoms. The highest BCUT2D eigenvalue weighted by Gasteiger charge is 2.35. The molecule has 14 heavy (non-hydrogen) atoms. The van der Waals surface area contributed by atoms with Crippen molar-refractivity contribution in [1.29, 1.82) is 0 Å². The van der Waals surface area contributed by atoms with Crippen LogP contribution in [0.4, 0.5) is 0 Å². The lowest BCUT2D eigenvalue weighted by Gasteiger charge is -2.37. The summed E-state index contributed by atoms with van der Waals surface area (Å²) >= 11 is 0. The molecule has 0 aromatic rings. The third-order valence-corrected chi connectivity index (χ3v) is 2.77. The molecule has 84 valence electrons. The molecular formula is C10H22N2O2. The molecule has 1 rings (SSSR count). The molecule has 0 spiro atoms. The van der Waals surface area contributed by atoms with E-state index in [1.807, 2.05) is 13.8 Å². The summed E-state index contributed by atoms with van der Waals surface area (Å²) in [7, 11) is 0. The highest BCUT2D eigenvalue weighted by Crippen LogP contribution is 2.21. The fourth-order valence-electron chi connectivity index (χ4n) is 1.68. The van der Waals surface area contributed by atoms with Gasteiger partial charge in [-0.1, -0.05) is 0 Å². The fraction of sp³-hybridized carbons (Fsp3) is 1.00. The molecule has 1 heterocycles. The van der Waals surface area contributed by atoms with Crippen LogP contribution in [0.5, 0.6) is 0 Å². The predicted molar refractivity (Wildman–Crippen MR) is 56.1 cm³/mol. The maximum Gasteiger partial charge on any atom is 0.0844 e. The summed E-state index contributed by atoms with van der Waals surface area (Å²) in [5.41, 5.74) is 5.19. The van der Waals surface area contributed by atoms with Gasteiger partial charge in [-0.2, -0.15) is 0 Å². The fourth-order valence-corrected chi connectivity index (χ4v) is 1.68. The molecule has 4 heteroatoms. The zero-order chi connectivity index (χ0) is 10.6. The number of piperidine rings is 1. The second-order valence-electron chi connectivity index (χ2n) is 4.34. The van der Waals surface area contributed by atoms with Crippen molar-refractivity contribution in [3.63, 3.8) is 0 Å². The SMILES string of the molecule is CC(C)OCC(N)C1(O)CCNCC1. The van der Waals surface area contributed by atoms with E-state index >= 15 is 0 Å². The molecule has 0 aromatic heterocycles. The van der Waals surface area contributed by atoms with E-state index in [1.165, 1.54) is 0 Å². The molecule has 0 saturated carbocycles. The molecule has 1 aliphatic rings. The average Bonchev–Trinajstić information content (AvgIpc) is 2.15. The van der Waals surface area contributed by atoms with E-state index < -0.39 is 5.60 Å². The predicted octanol–water partition coefficient (Wildman–Crippen LogP) is -0.147. The van der Waals surface area contributed by atoms with Crippen molar-refractivity contribution >= 4 is 0 Å². The van der Waals surface area contributed by atoms with Crippen LogP contribution in [0, 0.1) is 0 Å². The molecule has 4 N–H and O–H groups in total. The van der Waals surface area contributed by atoms with Crippen LogP contribution in [0.2, 0.25) is 0 Å². The van der Waals surface area contributed by atoms with E-state index in [2.05, 4.69) is 5.32 Å². The minimum absolute atomic E-state index is 0.173.